The fourth-order valence-corrected chi connectivity index (χ4v) is 1.08. The van der Waals surface area contributed by atoms with Crippen molar-refractivity contribution >= 4 is 0 Å². The minimum Gasteiger partial charge on any atom is -0.394 e. The van der Waals surface area contributed by atoms with E-state index in [1.807, 2.05) is 0 Å². The normalized spacial score (nSPS) is 42.6. The van der Waals surface area contributed by atoms with Gasteiger partial charge >= 0.3 is 0 Å². The van der Waals surface area contributed by atoms with Gasteiger partial charge in [-0.15, -0.1) is 0 Å². The molecule has 1 heterocycles. The highest BCUT2D eigenvalue weighted by Crippen LogP contribution is 2.18. The second-order valence-electron chi connectivity index (χ2n) is 2.72. The van der Waals surface area contributed by atoms with Gasteiger partial charge in [0.1, 0.15) is 24.4 Å². The molecule has 1 rings (SSSR count). The molecule has 0 amide bonds. The molecule has 6 nitrogen and oxygen atoms in total. The van der Waals surface area contributed by atoms with Crippen LogP contribution in [0.2, 0.25) is 0 Å². The van der Waals surface area contributed by atoms with Gasteiger partial charge in [-0.1, -0.05) is 0 Å². The molecule has 0 aromatic rings. The molecule has 7 heteroatoms. The molecule has 1 aliphatic heterocycles. The number of aliphatic hydroxyl groups is 5. The highest BCUT2D eigenvalue weighted by atomic mass is 19.1. The van der Waals surface area contributed by atoms with Gasteiger partial charge in [0.15, 0.2) is 6.29 Å². The standard InChI is InChI=1S/C6H12O6.CH3F/c7-1-2-3(8)4(9)5(10)6(11)12-2;1-2/h2-11H,1H2;1H3/t2-,3-,4+,5-,6?;/m1./s1. The lowest BCUT2D eigenvalue weighted by atomic mass is 10.00. The fraction of sp³-hybridized carbons (Fsp3) is 1.00. The molecule has 0 radical (unpaired) electrons. The van der Waals surface area contributed by atoms with Crippen molar-refractivity contribution in [3.05, 3.63) is 0 Å². The van der Waals surface area contributed by atoms with Crippen LogP contribution in [0.3, 0.4) is 0 Å². The highest BCUT2D eigenvalue weighted by molar-refractivity contribution is 4.87. The molecule has 0 aromatic heterocycles. The van der Waals surface area contributed by atoms with Gasteiger partial charge in [0.25, 0.3) is 0 Å². The van der Waals surface area contributed by atoms with Crippen molar-refractivity contribution in [3.8, 4) is 0 Å². The van der Waals surface area contributed by atoms with E-state index >= 15 is 0 Å². The van der Waals surface area contributed by atoms with Crippen LogP contribution in [0.5, 0.6) is 0 Å². The van der Waals surface area contributed by atoms with Crippen molar-refractivity contribution in [2.24, 2.45) is 0 Å². The Bertz CT molecular complexity index is 152. The van der Waals surface area contributed by atoms with Crippen molar-refractivity contribution < 1.29 is 34.7 Å². The number of hydrogen-bond donors (Lipinski definition) is 5. The molecule has 0 saturated carbocycles. The first-order valence-electron chi connectivity index (χ1n) is 3.94. The molecule has 1 unspecified atom stereocenters. The Labute approximate surface area is 80.2 Å². The Morgan fingerprint density at radius 2 is 1.50 bits per heavy atom. The molecular weight excluding hydrogens is 199 g/mol. The molecule has 1 saturated heterocycles. The van der Waals surface area contributed by atoms with E-state index in [4.69, 9.17) is 25.5 Å². The maximum atomic E-state index is 9.50. The van der Waals surface area contributed by atoms with Crippen LogP contribution < -0.4 is 0 Å². The Hall–Kier alpha value is -0.310. The van der Waals surface area contributed by atoms with Crippen LogP contribution in [0.25, 0.3) is 0 Å². The van der Waals surface area contributed by atoms with E-state index in [-0.39, 0.29) is 0 Å². The third kappa shape index (κ3) is 2.84. The first kappa shape index (κ1) is 13.7. The van der Waals surface area contributed by atoms with E-state index in [1.54, 1.807) is 0 Å². The summed E-state index contributed by atoms with van der Waals surface area (Å²) in [6.07, 6.45) is -7.04. The Balaban J connectivity index is 0.000000791. The number of alkyl halides is 1. The zero-order valence-electron chi connectivity index (χ0n) is 7.62. The third-order valence-electron chi connectivity index (χ3n) is 1.87. The average molecular weight is 214 g/mol. The van der Waals surface area contributed by atoms with Crippen LogP contribution in [0.15, 0.2) is 0 Å². The molecule has 5 atom stereocenters. The van der Waals surface area contributed by atoms with Crippen molar-refractivity contribution in [3.63, 3.8) is 0 Å². The minimum atomic E-state index is -1.57. The maximum Gasteiger partial charge on any atom is 0.184 e. The monoisotopic (exact) mass is 214 g/mol. The van der Waals surface area contributed by atoms with E-state index in [0.717, 1.165) is 0 Å². The minimum absolute atomic E-state index is 0.500. The molecule has 0 bridgehead atoms. The van der Waals surface area contributed by atoms with E-state index < -0.39 is 37.3 Å². The molecule has 14 heavy (non-hydrogen) atoms. The van der Waals surface area contributed by atoms with Gasteiger partial charge in [0.05, 0.1) is 13.8 Å². The van der Waals surface area contributed by atoms with Gasteiger partial charge in [0.2, 0.25) is 0 Å². The molecule has 5 N–H and O–H groups in total. The van der Waals surface area contributed by atoms with Gasteiger partial charge in [-0.2, -0.15) is 0 Å². The zero-order valence-corrected chi connectivity index (χ0v) is 7.62. The first-order chi connectivity index (χ1) is 6.57. The number of halogens is 1. The van der Waals surface area contributed by atoms with Crippen LogP contribution in [0.4, 0.5) is 4.39 Å². The SMILES string of the molecule is CF.OC[C@H]1OC(O)[C@H](O)[C@@H](O)[C@@H]1O. The summed E-state index contributed by atoms with van der Waals surface area (Å²) in [4.78, 5) is 0. The summed E-state index contributed by atoms with van der Waals surface area (Å²) in [5.41, 5.74) is 0. The predicted molar refractivity (Wildman–Crippen MR) is 43.0 cm³/mol. The van der Waals surface area contributed by atoms with Gasteiger partial charge in [-0.3, -0.25) is 4.39 Å². The number of aliphatic hydroxyl groups excluding tert-OH is 5. The van der Waals surface area contributed by atoms with Crippen molar-refractivity contribution in [1.82, 2.24) is 0 Å². The second-order valence-corrected chi connectivity index (χ2v) is 2.72. The summed E-state index contributed by atoms with van der Waals surface area (Å²) >= 11 is 0. The molecular formula is C7H15FO6. The van der Waals surface area contributed by atoms with Crippen molar-refractivity contribution in [2.75, 3.05) is 13.8 Å². The average Bonchev–Trinajstić information content (AvgIpc) is 2.23. The summed E-state index contributed by atoms with van der Waals surface area (Å²) in [6, 6.07) is 0. The Morgan fingerprint density at radius 1 is 1.00 bits per heavy atom. The Morgan fingerprint density at radius 3 is 1.93 bits per heavy atom. The number of hydrogen-bond acceptors (Lipinski definition) is 6. The van der Waals surface area contributed by atoms with Crippen LogP contribution in [0, 0.1) is 0 Å². The molecule has 1 aliphatic rings. The van der Waals surface area contributed by atoms with Crippen LogP contribution in [0.1, 0.15) is 0 Å². The molecule has 0 aromatic carbocycles. The van der Waals surface area contributed by atoms with Gasteiger partial charge < -0.3 is 30.3 Å². The quantitative estimate of drug-likeness (QED) is 0.326. The highest BCUT2D eigenvalue weighted by Gasteiger charge is 2.42. The van der Waals surface area contributed by atoms with Gasteiger partial charge in [-0.25, -0.2) is 0 Å². The predicted octanol–water partition coefficient (Wildman–Crippen LogP) is -2.64. The maximum absolute atomic E-state index is 9.50. The summed E-state index contributed by atoms with van der Waals surface area (Å²) in [6.45, 7) is -0.526. The number of ether oxygens (including phenoxy) is 1. The lowest BCUT2D eigenvalue weighted by Gasteiger charge is -2.37. The van der Waals surface area contributed by atoms with Crippen LogP contribution in [-0.4, -0.2) is 70.0 Å². The largest absolute Gasteiger partial charge is 0.394 e. The van der Waals surface area contributed by atoms with Crippen molar-refractivity contribution in [1.29, 1.82) is 0 Å². The van der Waals surface area contributed by atoms with E-state index in [1.165, 1.54) is 0 Å². The number of rotatable bonds is 1. The van der Waals surface area contributed by atoms with Crippen LogP contribution in [-0.2, 0) is 4.74 Å². The molecule has 1 fully saturated rings. The molecule has 86 valence electrons. The fourth-order valence-electron chi connectivity index (χ4n) is 1.08. The lowest BCUT2D eigenvalue weighted by molar-refractivity contribution is -0.286. The van der Waals surface area contributed by atoms with Gasteiger partial charge in [0, 0.05) is 0 Å². The summed E-state index contributed by atoms with van der Waals surface area (Å²) in [5, 5.41) is 44.7. The first-order valence-corrected chi connectivity index (χ1v) is 3.94. The summed E-state index contributed by atoms with van der Waals surface area (Å²) < 4.78 is 14.1. The van der Waals surface area contributed by atoms with Gasteiger partial charge in [-0.05, 0) is 0 Å². The van der Waals surface area contributed by atoms with Crippen molar-refractivity contribution in [2.45, 2.75) is 30.7 Å². The third-order valence-corrected chi connectivity index (χ3v) is 1.87. The van der Waals surface area contributed by atoms with E-state index in [9.17, 15) is 4.39 Å². The smallest absolute Gasteiger partial charge is 0.184 e. The second kappa shape index (κ2) is 6.23. The van der Waals surface area contributed by atoms with E-state index in [2.05, 4.69) is 4.74 Å². The molecule has 0 spiro atoms. The summed E-state index contributed by atoms with van der Waals surface area (Å²) in [5.74, 6) is 0. The van der Waals surface area contributed by atoms with Crippen LogP contribution >= 0.6 is 0 Å². The topological polar surface area (TPSA) is 110 Å². The lowest BCUT2D eigenvalue weighted by Crippen LogP contribution is -2.58. The zero-order chi connectivity index (χ0) is 11.3. The summed E-state index contributed by atoms with van der Waals surface area (Å²) in [7, 11) is 0.500. The Kier molecular flexibility index (Phi) is 6.09. The molecule has 0 aliphatic carbocycles. The van der Waals surface area contributed by atoms with E-state index in [0.29, 0.717) is 7.18 Å².